The van der Waals surface area contributed by atoms with Crippen LogP contribution in [0.5, 0.6) is 0 Å². The molecular weight excluding hydrogens is 260 g/mol. The number of rotatable bonds is 5. The Bertz CT molecular complexity index is 549. The number of aromatic nitrogens is 1. The number of aryl methyl sites for hydroxylation is 1. The van der Waals surface area contributed by atoms with Crippen LogP contribution in [-0.2, 0) is 4.79 Å². The molecule has 2 rings (SSSR count). The summed E-state index contributed by atoms with van der Waals surface area (Å²) in [6, 6.07) is 7.61. The van der Waals surface area contributed by atoms with Crippen molar-refractivity contribution in [3.05, 3.63) is 34.7 Å². The molecule has 0 atom stereocenters. The Balaban J connectivity index is 2.00. The minimum absolute atomic E-state index is 0.0372. The van der Waals surface area contributed by atoms with E-state index >= 15 is 0 Å². The van der Waals surface area contributed by atoms with Crippen molar-refractivity contribution in [2.24, 2.45) is 0 Å². The van der Waals surface area contributed by atoms with Gasteiger partial charge in [-0.2, -0.15) is 0 Å². The number of carbonyl (C=O) groups is 1. The first-order valence-corrected chi connectivity index (χ1v) is 7.00. The Hall–Kier alpha value is -1.72. The molecule has 1 heterocycles. The van der Waals surface area contributed by atoms with Gasteiger partial charge in [0.15, 0.2) is 0 Å². The third kappa shape index (κ3) is 3.87. The third-order valence-electron chi connectivity index (χ3n) is 2.65. The van der Waals surface area contributed by atoms with Crippen molar-refractivity contribution in [2.45, 2.75) is 19.8 Å². The van der Waals surface area contributed by atoms with Gasteiger partial charge < -0.3 is 10.4 Å². The van der Waals surface area contributed by atoms with Gasteiger partial charge in [0.1, 0.15) is 0 Å². The Morgan fingerprint density at radius 1 is 1.37 bits per heavy atom. The second kappa shape index (κ2) is 6.45. The first-order valence-electron chi connectivity index (χ1n) is 6.12. The average Bonchev–Trinajstić information content (AvgIpc) is 2.84. The van der Waals surface area contributed by atoms with Crippen LogP contribution in [0.15, 0.2) is 29.6 Å². The number of nitrogens with one attached hydrogen (secondary N) is 1. The fourth-order valence-electron chi connectivity index (χ4n) is 1.68. The van der Waals surface area contributed by atoms with Crippen LogP contribution >= 0.6 is 11.3 Å². The monoisotopic (exact) mass is 276 g/mol. The molecule has 5 heteroatoms. The largest absolute Gasteiger partial charge is 0.396 e. The molecule has 2 aromatic rings. The zero-order chi connectivity index (χ0) is 13.7. The summed E-state index contributed by atoms with van der Waals surface area (Å²) in [6.07, 6.45) is 0.825. The Morgan fingerprint density at radius 3 is 2.68 bits per heavy atom. The number of aliphatic hydroxyl groups is 1. The van der Waals surface area contributed by atoms with E-state index in [9.17, 15) is 4.79 Å². The molecule has 0 unspecified atom stereocenters. The zero-order valence-corrected chi connectivity index (χ0v) is 11.5. The van der Waals surface area contributed by atoms with Crippen LogP contribution in [0.3, 0.4) is 0 Å². The van der Waals surface area contributed by atoms with Crippen molar-refractivity contribution in [3.63, 3.8) is 0 Å². The van der Waals surface area contributed by atoms with E-state index in [1.54, 1.807) is 11.3 Å². The number of hydrogen-bond acceptors (Lipinski definition) is 4. The highest BCUT2D eigenvalue weighted by Crippen LogP contribution is 2.23. The summed E-state index contributed by atoms with van der Waals surface area (Å²) in [5.74, 6) is -0.0775. The van der Waals surface area contributed by atoms with Gasteiger partial charge in [-0.1, -0.05) is 12.1 Å². The van der Waals surface area contributed by atoms with Crippen LogP contribution in [0, 0.1) is 6.92 Å². The summed E-state index contributed by atoms with van der Waals surface area (Å²) in [7, 11) is 0. The van der Waals surface area contributed by atoms with Gasteiger partial charge in [-0.25, -0.2) is 4.98 Å². The fraction of sp³-hybridized carbons (Fsp3) is 0.286. The smallest absolute Gasteiger partial charge is 0.224 e. The molecule has 0 aliphatic carbocycles. The van der Waals surface area contributed by atoms with Gasteiger partial charge in [-0.05, 0) is 25.5 Å². The van der Waals surface area contributed by atoms with E-state index in [4.69, 9.17) is 5.11 Å². The third-order valence-corrected chi connectivity index (χ3v) is 3.42. The number of aliphatic hydroxyl groups excluding tert-OH is 1. The van der Waals surface area contributed by atoms with E-state index in [0.717, 1.165) is 22.0 Å². The minimum atomic E-state index is -0.0775. The first-order chi connectivity index (χ1) is 9.19. The van der Waals surface area contributed by atoms with E-state index in [1.165, 1.54) is 0 Å². The number of thiazole rings is 1. The van der Waals surface area contributed by atoms with Crippen LogP contribution in [0.2, 0.25) is 0 Å². The number of hydrogen-bond donors (Lipinski definition) is 2. The SMILES string of the molecule is Cc1nc(-c2ccc(NC(=O)CCCO)cc2)cs1. The van der Waals surface area contributed by atoms with E-state index in [2.05, 4.69) is 10.3 Å². The van der Waals surface area contributed by atoms with Gasteiger partial charge in [0.25, 0.3) is 0 Å². The van der Waals surface area contributed by atoms with Gasteiger partial charge in [0.05, 0.1) is 10.7 Å². The molecule has 0 saturated heterocycles. The number of carbonyl (C=O) groups excluding carboxylic acids is 1. The highest BCUT2D eigenvalue weighted by Gasteiger charge is 2.04. The first kappa shape index (κ1) is 13.7. The average molecular weight is 276 g/mol. The predicted molar refractivity (Wildman–Crippen MR) is 77.2 cm³/mol. The molecule has 4 nitrogen and oxygen atoms in total. The normalized spacial score (nSPS) is 10.4. The van der Waals surface area contributed by atoms with Crippen molar-refractivity contribution in [1.82, 2.24) is 4.98 Å². The second-order valence-corrected chi connectivity index (χ2v) is 5.27. The molecule has 1 aromatic heterocycles. The lowest BCUT2D eigenvalue weighted by molar-refractivity contribution is -0.116. The van der Waals surface area contributed by atoms with E-state index in [0.29, 0.717) is 12.8 Å². The molecule has 0 fully saturated rings. The maximum Gasteiger partial charge on any atom is 0.224 e. The van der Waals surface area contributed by atoms with Crippen LogP contribution in [0.4, 0.5) is 5.69 Å². The van der Waals surface area contributed by atoms with E-state index in [-0.39, 0.29) is 12.5 Å². The van der Waals surface area contributed by atoms with Crippen molar-refractivity contribution in [1.29, 1.82) is 0 Å². The summed E-state index contributed by atoms with van der Waals surface area (Å²) in [5, 5.41) is 14.5. The van der Waals surface area contributed by atoms with Crippen LogP contribution < -0.4 is 5.32 Å². The molecule has 0 saturated carbocycles. The standard InChI is InChI=1S/C14H16N2O2S/c1-10-15-13(9-19-10)11-4-6-12(7-5-11)16-14(18)3-2-8-17/h4-7,9,17H,2-3,8H2,1H3,(H,16,18). The molecule has 0 aliphatic rings. The molecule has 0 spiro atoms. The molecule has 19 heavy (non-hydrogen) atoms. The molecule has 2 N–H and O–H groups in total. The molecule has 100 valence electrons. The zero-order valence-electron chi connectivity index (χ0n) is 10.7. The molecule has 0 bridgehead atoms. The maximum atomic E-state index is 11.5. The van der Waals surface area contributed by atoms with Gasteiger partial charge in [-0.15, -0.1) is 11.3 Å². The molecular formula is C14H16N2O2S. The quantitative estimate of drug-likeness (QED) is 0.882. The lowest BCUT2D eigenvalue weighted by Gasteiger charge is -2.05. The Labute approximate surface area is 116 Å². The van der Waals surface area contributed by atoms with E-state index in [1.807, 2.05) is 36.6 Å². The molecule has 0 aliphatic heterocycles. The van der Waals surface area contributed by atoms with Crippen molar-refractivity contribution in [2.75, 3.05) is 11.9 Å². The van der Waals surface area contributed by atoms with Crippen molar-refractivity contribution < 1.29 is 9.90 Å². The number of nitrogens with zero attached hydrogens (tertiary/aromatic N) is 1. The minimum Gasteiger partial charge on any atom is -0.396 e. The van der Waals surface area contributed by atoms with Crippen LogP contribution in [-0.4, -0.2) is 22.6 Å². The summed E-state index contributed by atoms with van der Waals surface area (Å²) in [4.78, 5) is 15.9. The van der Waals surface area contributed by atoms with Crippen molar-refractivity contribution >= 4 is 22.9 Å². The summed E-state index contributed by atoms with van der Waals surface area (Å²) >= 11 is 1.62. The highest BCUT2D eigenvalue weighted by atomic mass is 32.1. The lowest BCUT2D eigenvalue weighted by Crippen LogP contribution is -2.11. The second-order valence-electron chi connectivity index (χ2n) is 4.20. The number of anilines is 1. The topological polar surface area (TPSA) is 62.2 Å². The fourth-order valence-corrected chi connectivity index (χ4v) is 2.31. The van der Waals surface area contributed by atoms with Crippen LogP contribution in [0.1, 0.15) is 17.8 Å². The summed E-state index contributed by atoms with van der Waals surface area (Å²) < 4.78 is 0. The Kier molecular flexibility index (Phi) is 4.65. The van der Waals surface area contributed by atoms with Crippen molar-refractivity contribution in [3.8, 4) is 11.3 Å². The Morgan fingerprint density at radius 2 is 2.11 bits per heavy atom. The van der Waals surface area contributed by atoms with Gasteiger partial charge >= 0.3 is 0 Å². The van der Waals surface area contributed by atoms with Gasteiger partial charge in [-0.3, -0.25) is 4.79 Å². The maximum absolute atomic E-state index is 11.5. The predicted octanol–water partition coefficient (Wildman–Crippen LogP) is 2.83. The van der Waals surface area contributed by atoms with Gasteiger partial charge in [0, 0.05) is 29.7 Å². The number of amides is 1. The van der Waals surface area contributed by atoms with Crippen LogP contribution in [0.25, 0.3) is 11.3 Å². The van der Waals surface area contributed by atoms with Gasteiger partial charge in [0.2, 0.25) is 5.91 Å². The highest BCUT2D eigenvalue weighted by molar-refractivity contribution is 7.09. The van der Waals surface area contributed by atoms with E-state index < -0.39 is 0 Å². The molecule has 0 radical (unpaired) electrons. The summed E-state index contributed by atoms with van der Waals surface area (Å²) in [5.41, 5.74) is 2.76. The molecule has 1 amide bonds. The summed E-state index contributed by atoms with van der Waals surface area (Å²) in [6.45, 7) is 2.01. The molecule has 1 aromatic carbocycles. The lowest BCUT2D eigenvalue weighted by atomic mass is 10.1. The number of benzene rings is 1.